The smallest absolute Gasteiger partial charge is 0.243 e. The fourth-order valence-corrected chi connectivity index (χ4v) is 2.16. The van der Waals surface area contributed by atoms with Crippen LogP contribution in [0, 0.1) is 0 Å². The van der Waals surface area contributed by atoms with Gasteiger partial charge in [0, 0.05) is 41.9 Å². The maximum absolute atomic E-state index is 11.3. The fraction of sp³-hybridized carbons (Fsp3) is 0.750. The van der Waals surface area contributed by atoms with Gasteiger partial charge in [-0.2, -0.15) is 15.0 Å². The van der Waals surface area contributed by atoms with Crippen LogP contribution >= 0.6 is 0 Å². The van der Waals surface area contributed by atoms with E-state index in [4.69, 9.17) is 5.84 Å². The zero-order chi connectivity index (χ0) is 15.8. The Morgan fingerprint density at radius 3 is 2.38 bits per heavy atom. The van der Waals surface area contributed by atoms with Crippen molar-refractivity contribution in [2.75, 3.05) is 41.5 Å². The number of hydrazine groups is 1. The molecule has 0 saturated heterocycles. The maximum Gasteiger partial charge on any atom is 0.243 e. The molecule has 1 rings (SSSR count). The molecule has 0 amide bonds. The molecule has 8 nitrogen and oxygen atoms in total. The molecule has 120 valence electrons. The van der Waals surface area contributed by atoms with Gasteiger partial charge in [0.05, 0.1) is 0 Å². The number of nitrogens with one attached hydrogen (secondary N) is 2. The maximum atomic E-state index is 11.3. The zero-order valence-corrected chi connectivity index (χ0v) is 13.9. The second-order valence-corrected chi connectivity index (χ2v) is 6.43. The van der Waals surface area contributed by atoms with E-state index in [0.29, 0.717) is 24.4 Å². The Bertz CT molecular complexity index is 467. The molecule has 21 heavy (non-hydrogen) atoms. The van der Waals surface area contributed by atoms with Crippen LogP contribution in [0.4, 0.5) is 17.8 Å². The minimum Gasteiger partial charge on any atom is -0.354 e. The standard InChI is InChI=1S/C12H25N7OS/c1-5-19(6-2)12-16-10(15-11(17-12)18-13)14-8-7-9(3)21(4)20/h9H,5-8,13H2,1-4H3,(H2,14,15,16,17,18). The number of nitrogens with two attached hydrogens (primary N) is 1. The van der Waals surface area contributed by atoms with Gasteiger partial charge in [0.2, 0.25) is 17.8 Å². The van der Waals surface area contributed by atoms with E-state index >= 15 is 0 Å². The molecule has 0 saturated carbocycles. The topological polar surface area (TPSA) is 109 Å². The molecule has 1 aromatic heterocycles. The van der Waals surface area contributed by atoms with Crippen molar-refractivity contribution in [3.05, 3.63) is 0 Å². The van der Waals surface area contributed by atoms with Crippen molar-refractivity contribution < 1.29 is 4.21 Å². The lowest BCUT2D eigenvalue weighted by molar-refractivity contribution is 0.672. The number of nitrogen functional groups attached to an aromatic ring is 1. The molecule has 2 atom stereocenters. The highest BCUT2D eigenvalue weighted by Gasteiger charge is 2.11. The first-order valence-corrected chi connectivity index (χ1v) is 8.67. The lowest BCUT2D eigenvalue weighted by Gasteiger charge is -2.19. The van der Waals surface area contributed by atoms with Gasteiger partial charge in [-0.25, -0.2) is 5.84 Å². The van der Waals surface area contributed by atoms with Crippen molar-refractivity contribution in [3.8, 4) is 0 Å². The summed E-state index contributed by atoms with van der Waals surface area (Å²) in [6.45, 7) is 8.28. The SMILES string of the molecule is CCN(CC)c1nc(NN)nc(NCCC(C)S(C)=O)n1. The largest absolute Gasteiger partial charge is 0.354 e. The summed E-state index contributed by atoms with van der Waals surface area (Å²) in [5.41, 5.74) is 2.45. The van der Waals surface area contributed by atoms with Crippen LogP contribution in [0.1, 0.15) is 27.2 Å². The third kappa shape index (κ3) is 5.43. The molecular formula is C12H25N7OS. The normalized spacial score (nSPS) is 13.6. The van der Waals surface area contributed by atoms with Crippen molar-refractivity contribution in [1.29, 1.82) is 0 Å². The van der Waals surface area contributed by atoms with Crippen LogP contribution in [-0.4, -0.2) is 50.3 Å². The number of rotatable bonds is 9. The Morgan fingerprint density at radius 2 is 1.86 bits per heavy atom. The summed E-state index contributed by atoms with van der Waals surface area (Å²) in [6.07, 6.45) is 2.49. The molecule has 1 heterocycles. The molecule has 0 aliphatic rings. The molecule has 0 fully saturated rings. The van der Waals surface area contributed by atoms with E-state index in [9.17, 15) is 4.21 Å². The highest BCUT2D eigenvalue weighted by atomic mass is 32.2. The Labute approximate surface area is 128 Å². The summed E-state index contributed by atoms with van der Waals surface area (Å²) >= 11 is 0. The first-order chi connectivity index (χ1) is 10.0. The average Bonchev–Trinajstić information content (AvgIpc) is 2.48. The molecule has 0 bridgehead atoms. The summed E-state index contributed by atoms with van der Waals surface area (Å²) in [4.78, 5) is 14.8. The second-order valence-electron chi connectivity index (χ2n) is 4.62. The molecule has 0 aliphatic heterocycles. The molecular weight excluding hydrogens is 290 g/mol. The molecule has 0 aliphatic carbocycles. The summed E-state index contributed by atoms with van der Waals surface area (Å²) in [5.74, 6) is 6.77. The molecule has 4 N–H and O–H groups in total. The zero-order valence-electron chi connectivity index (χ0n) is 13.1. The van der Waals surface area contributed by atoms with Crippen molar-refractivity contribution >= 4 is 28.6 Å². The fourth-order valence-electron chi connectivity index (χ4n) is 1.71. The third-order valence-corrected chi connectivity index (χ3v) is 4.57. The Morgan fingerprint density at radius 1 is 1.24 bits per heavy atom. The van der Waals surface area contributed by atoms with Gasteiger partial charge in [0.25, 0.3) is 0 Å². The van der Waals surface area contributed by atoms with Crippen LogP contribution in [0.5, 0.6) is 0 Å². The van der Waals surface area contributed by atoms with E-state index in [1.807, 2.05) is 25.7 Å². The molecule has 9 heteroatoms. The van der Waals surface area contributed by atoms with E-state index in [-0.39, 0.29) is 5.25 Å². The van der Waals surface area contributed by atoms with Crippen LogP contribution in [0.25, 0.3) is 0 Å². The summed E-state index contributed by atoms with van der Waals surface area (Å²) < 4.78 is 11.3. The number of anilines is 3. The predicted octanol–water partition coefficient (Wildman–Crippen LogP) is 0.572. The molecule has 2 unspecified atom stereocenters. The summed E-state index contributed by atoms with van der Waals surface area (Å²) in [5, 5.41) is 3.26. The lowest BCUT2D eigenvalue weighted by Crippen LogP contribution is -2.26. The van der Waals surface area contributed by atoms with Crippen LogP contribution in [-0.2, 0) is 10.8 Å². The molecule has 0 aromatic carbocycles. The van der Waals surface area contributed by atoms with Gasteiger partial charge in [0.1, 0.15) is 0 Å². The third-order valence-electron chi connectivity index (χ3n) is 3.20. The van der Waals surface area contributed by atoms with Crippen molar-refractivity contribution in [3.63, 3.8) is 0 Å². The van der Waals surface area contributed by atoms with Gasteiger partial charge in [-0.1, -0.05) is 6.92 Å². The van der Waals surface area contributed by atoms with Gasteiger partial charge >= 0.3 is 0 Å². The average molecular weight is 315 g/mol. The number of nitrogens with zero attached hydrogens (tertiary/aromatic N) is 4. The van der Waals surface area contributed by atoms with Gasteiger partial charge in [0.15, 0.2) is 0 Å². The second kappa shape index (κ2) is 8.73. The van der Waals surface area contributed by atoms with E-state index in [1.165, 1.54) is 0 Å². The van der Waals surface area contributed by atoms with Gasteiger partial charge in [-0.3, -0.25) is 9.63 Å². The quantitative estimate of drug-likeness (QED) is 0.448. The van der Waals surface area contributed by atoms with E-state index < -0.39 is 10.8 Å². The monoisotopic (exact) mass is 315 g/mol. The van der Waals surface area contributed by atoms with Gasteiger partial charge < -0.3 is 10.2 Å². The Kier molecular flexibility index (Phi) is 7.30. The highest BCUT2D eigenvalue weighted by Crippen LogP contribution is 2.13. The summed E-state index contributed by atoms with van der Waals surface area (Å²) in [7, 11) is -0.823. The minimum absolute atomic E-state index is 0.133. The Hall–Kier alpha value is -1.48. The van der Waals surface area contributed by atoms with Crippen LogP contribution < -0.4 is 21.5 Å². The first-order valence-electron chi connectivity index (χ1n) is 7.05. The van der Waals surface area contributed by atoms with Crippen molar-refractivity contribution in [2.45, 2.75) is 32.4 Å². The van der Waals surface area contributed by atoms with Crippen molar-refractivity contribution in [2.24, 2.45) is 5.84 Å². The van der Waals surface area contributed by atoms with E-state index in [2.05, 4.69) is 25.7 Å². The number of hydrogen-bond donors (Lipinski definition) is 3. The molecule has 1 aromatic rings. The molecule has 0 radical (unpaired) electrons. The first kappa shape index (κ1) is 17.6. The van der Waals surface area contributed by atoms with Crippen LogP contribution in [0.2, 0.25) is 0 Å². The van der Waals surface area contributed by atoms with Gasteiger partial charge in [-0.15, -0.1) is 0 Å². The molecule has 0 spiro atoms. The minimum atomic E-state index is -0.823. The van der Waals surface area contributed by atoms with E-state index in [1.54, 1.807) is 6.26 Å². The van der Waals surface area contributed by atoms with Gasteiger partial charge in [-0.05, 0) is 20.3 Å². The lowest BCUT2D eigenvalue weighted by atomic mass is 10.3. The highest BCUT2D eigenvalue weighted by molar-refractivity contribution is 7.84. The predicted molar refractivity (Wildman–Crippen MR) is 87.8 cm³/mol. The van der Waals surface area contributed by atoms with E-state index in [0.717, 1.165) is 19.5 Å². The van der Waals surface area contributed by atoms with Crippen LogP contribution in [0.3, 0.4) is 0 Å². The number of hydrogen-bond acceptors (Lipinski definition) is 8. The van der Waals surface area contributed by atoms with Crippen molar-refractivity contribution in [1.82, 2.24) is 15.0 Å². The summed E-state index contributed by atoms with van der Waals surface area (Å²) in [6, 6.07) is 0. The number of aromatic nitrogens is 3. The Balaban J connectivity index is 2.77. The van der Waals surface area contributed by atoms with Crippen LogP contribution in [0.15, 0.2) is 0 Å².